The molecule has 0 unspecified atom stereocenters. The maximum absolute atomic E-state index is 12.1. The van der Waals surface area contributed by atoms with Gasteiger partial charge in [-0.2, -0.15) is 0 Å². The summed E-state index contributed by atoms with van der Waals surface area (Å²) in [5.41, 5.74) is 0.428. The standard InChI is InChI=1S/C15H19NO5/c1-10(14(18)20-2)9-12(15(19)21-3)16-13(17)11-7-5-4-6-8-11/h4-8,10,12H,9H2,1-3H3,(H,16,17)/t10-,12+/m1/s1. The van der Waals surface area contributed by atoms with Gasteiger partial charge in [0.15, 0.2) is 0 Å². The molecule has 0 fully saturated rings. The van der Waals surface area contributed by atoms with Crippen LogP contribution < -0.4 is 5.32 Å². The Balaban J connectivity index is 2.77. The summed E-state index contributed by atoms with van der Waals surface area (Å²) in [6.07, 6.45) is 0.109. The average molecular weight is 293 g/mol. The Hall–Kier alpha value is -2.37. The highest BCUT2D eigenvalue weighted by Crippen LogP contribution is 2.10. The SMILES string of the molecule is COC(=O)[C@H](C)C[C@H](NC(=O)c1ccccc1)C(=O)OC. The monoisotopic (exact) mass is 293 g/mol. The largest absolute Gasteiger partial charge is 0.469 e. The molecule has 1 aromatic carbocycles. The van der Waals surface area contributed by atoms with Crippen LogP contribution in [0.5, 0.6) is 0 Å². The van der Waals surface area contributed by atoms with Gasteiger partial charge in [0.1, 0.15) is 6.04 Å². The molecule has 0 bridgehead atoms. The molecule has 114 valence electrons. The first-order valence-electron chi connectivity index (χ1n) is 6.51. The number of esters is 2. The Morgan fingerprint density at radius 1 is 1.05 bits per heavy atom. The van der Waals surface area contributed by atoms with Crippen molar-refractivity contribution in [3.63, 3.8) is 0 Å². The molecule has 0 aliphatic carbocycles. The molecule has 21 heavy (non-hydrogen) atoms. The lowest BCUT2D eigenvalue weighted by Gasteiger charge is -2.19. The molecule has 6 nitrogen and oxygen atoms in total. The molecule has 6 heteroatoms. The summed E-state index contributed by atoms with van der Waals surface area (Å²) in [7, 11) is 2.50. The average Bonchev–Trinajstić information content (AvgIpc) is 2.53. The van der Waals surface area contributed by atoms with Crippen molar-refractivity contribution in [2.45, 2.75) is 19.4 Å². The van der Waals surface area contributed by atoms with E-state index in [9.17, 15) is 14.4 Å². The van der Waals surface area contributed by atoms with E-state index in [1.807, 2.05) is 0 Å². The fourth-order valence-corrected chi connectivity index (χ4v) is 1.84. The fraction of sp³-hybridized carbons (Fsp3) is 0.400. The quantitative estimate of drug-likeness (QED) is 0.796. The lowest BCUT2D eigenvalue weighted by Crippen LogP contribution is -2.43. The van der Waals surface area contributed by atoms with Gasteiger partial charge in [-0.3, -0.25) is 9.59 Å². The maximum atomic E-state index is 12.1. The zero-order chi connectivity index (χ0) is 15.8. The van der Waals surface area contributed by atoms with Gasteiger partial charge in [-0.05, 0) is 18.6 Å². The number of hydrogen-bond acceptors (Lipinski definition) is 5. The van der Waals surface area contributed by atoms with Crippen molar-refractivity contribution in [1.82, 2.24) is 5.32 Å². The van der Waals surface area contributed by atoms with E-state index in [0.717, 1.165) is 0 Å². The summed E-state index contributed by atoms with van der Waals surface area (Å²) in [5, 5.41) is 2.57. The van der Waals surface area contributed by atoms with Crippen LogP contribution in [-0.4, -0.2) is 38.1 Å². The van der Waals surface area contributed by atoms with Gasteiger partial charge in [0, 0.05) is 5.56 Å². The molecular formula is C15H19NO5. The van der Waals surface area contributed by atoms with Crippen molar-refractivity contribution in [3.05, 3.63) is 35.9 Å². The first-order chi connectivity index (χ1) is 9.99. The van der Waals surface area contributed by atoms with Crippen LogP contribution in [0.15, 0.2) is 30.3 Å². The van der Waals surface area contributed by atoms with E-state index < -0.39 is 29.8 Å². The zero-order valence-corrected chi connectivity index (χ0v) is 12.3. The van der Waals surface area contributed by atoms with Crippen LogP contribution in [0.3, 0.4) is 0 Å². The third-order valence-electron chi connectivity index (χ3n) is 3.02. The second-order valence-corrected chi connectivity index (χ2v) is 4.58. The van der Waals surface area contributed by atoms with Gasteiger partial charge in [0.25, 0.3) is 5.91 Å². The molecule has 0 aliphatic heterocycles. The highest BCUT2D eigenvalue weighted by molar-refractivity contribution is 5.96. The molecule has 0 saturated heterocycles. The van der Waals surface area contributed by atoms with Crippen LogP contribution in [0.1, 0.15) is 23.7 Å². The Kier molecular flexibility index (Phi) is 6.39. The molecule has 0 saturated carbocycles. The number of amides is 1. The van der Waals surface area contributed by atoms with Crippen molar-refractivity contribution in [1.29, 1.82) is 0 Å². The first kappa shape index (κ1) is 16.7. The summed E-state index contributed by atoms with van der Waals surface area (Å²) in [4.78, 5) is 35.2. The van der Waals surface area contributed by atoms with E-state index in [4.69, 9.17) is 0 Å². The summed E-state index contributed by atoms with van der Waals surface area (Å²) >= 11 is 0. The van der Waals surface area contributed by atoms with Crippen LogP contribution in [0.4, 0.5) is 0 Å². The number of benzene rings is 1. The van der Waals surface area contributed by atoms with Gasteiger partial charge in [0.05, 0.1) is 20.1 Å². The molecule has 0 radical (unpaired) electrons. The molecule has 1 rings (SSSR count). The van der Waals surface area contributed by atoms with Gasteiger partial charge in [-0.1, -0.05) is 25.1 Å². The number of ether oxygens (including phenoxy) is 2. The summed E-state index contributed by atoms with van der Waals surface area (Å²) in [5.74, 6) is -1.98. The minimum absolute atomic E-state index is 0.109. The summed E-state index contributed by atoms with van der Waals surface area (Å²) in [6.45, 7) is 1.62. The van der Waals surface area contributed by atoms with E-state index in [2.05, 4.69) is 14.8 Å². The third kappa shape index (κ3) is 4.91. The fourth-order valence-electron chi connectivity index (χ4n) is 1.84. The number of hydrogen-bond donors (Lipinski definition) is 1. The number of carbonyl (C=O) groups excluding carboxylic acids is 3. The molecular weight excluding hydrogens is 274 g/mol. The molecule has 0 spiro atoms. The highest BCUT2D eigenvalue weighted by Gasteiger charge is 2.27. The first-order valence-corrected chi connectivity index (χ1v) is 6.51. The Morgan fingerprint density at radius 2 is 1.62 bits per heavy atom. The third-order valence-corrected chi connectivity index (χ3v) is 3.02. The van der Waals surface area contributed by atoms with Crippen LogP contribution in [0.2, 0.25) is 0 Å². The second kappa shape index (κ2) is 8.04. The molecule has 1 aromatic rings. The Labute approximate surface area is 123 Å². The smallest absolute Gasteiger partial charge is 0.328 e. The number of nitrogens with one attached hydrogen (secondary N) is 1. The highest BCUT2D eigenvalue weighted by atomic mass is 16.5. The molecule has 0 aliphatic rings. The number of carbonyl (C=O) groups is 3. The van der Waals surface area contributed by atoms with Crippen molar-refractivity contribution in [2.24, 2.45) is 5.92 Å². The topological polar surface area (TPSA) is 81.7 Å². The van der Waals surface area contributed by atoms with Gasteiger partial charge in [-0.25, -0.2) is 4.79 Å². The van der Waals surface area contributed by atoms with Crippen molar-refractivity contribution < 1.29 is 23.9 Å². The van der Waals surface area contributed by atoms with E-state index in [0.29, 0.717) is 5.56 Å². The summed E-state index contributed by atoms with van der Waals surface area (Å²) < 4.78 is 9.27. The molecule has 0 aromatic heterocycles. The van der Waals surface area contributed by atoms with Crippen LogP contribution in [0, 0.1) is 5.92 Å². The Bertz CT molecular complexity index is 500. The van der Waals surface area contributed by atoms with Crippen LogP contribution in [-0.2, 0) is 19.1 Å². The maximum Gasteiger partial charge on any atom is 0.328 e. The Morgan fingerprint density at radius 3 is 2.14 bits per heavy atom. The molecule has 0 heterocycles. The summed E-state index contributed by atoms with van der Waals surface area (Å²) in [6, 6.07) is 7.59. The van der Waals surface area contributed by atoms with Gasteiger partial charge in [0.2, 0.25) is 0 Å². The minimum Gasteiger partial charge on any atom is -0.469 e. The zero-order valence-electron chi connectivity index (χ0n) is 12.3. The van der Waals surface area contributed by atoms with Gasteiger partial charge >= 0.3 is 11.9 Å². The van der Waals surface area contributed by atoms with Gasteiger partial charge < -0.3 is 14.8 Å². The van der Waals surface area contributed by atoms with Crippen molar-refractivity contribution >= 4 is 17.8 Å². The number of rotatable bonds is 6. The predicted molar refractivity (Wildman–Crippen MR) is 75.5 cm³/mol. The predicted octanol–water partition coefficient (Wildman–Crippen LogP) is 1.16. The second-order valence-electron chi connectivity index (χ2n) is 4.58. The minimum atomic E-state index is -0.906. The van der Waals surface area contributed by atoms with Gasteiger partial charge in [-0.15, -0.1) is 0 Å². The van der Waals surface area contributed by atoms with Crippen LogP contribution in [0.25, 0.3) is 0 Å². The molecule has 1 amide bonds. The lowest BCUT2D eigenvalue weighted by atomic mass is 10.0. The van der Waals surface area contributed by atoms with E-state index in [-0.39, 0.29) is 6.42 Å². The molecule has 2 atom stereocenters. The van der Waals surface area contributed by atoms with E-state index in [1.54, 1.807) is 37.3 Å². The molecule has 1 N–H and O–H groups in total. The van der Waals surface area contributed by atoms with E-state index in [1.165, 1.54) is 14.2 Å². The normalized spacial score (nSPS) is 12.9. The van der Waals surface area contributed by atoms with E-state index >= 15 is 0 Å². The van der Waals surface area contributed by atoms with Crippen LogP contribution >= 0.6 is 0 Å². The lowest BCUT2D eigenvalue weighted by molar-refractivity contribution is -0.147. The van der Waals surface area contributed by atoms with Crippen molar-refractivity contribution in [2.75, 3.05) is 14.2 Å². The number of methoxy groups -OCH3 is 2. The van der Waals surface area contributed by atoms with Crippen molar-refractivity contribution in [3.8, 4) is 0 Å².